The Bertz CT molecular complexity index is 674. The van der Waals surface area contributed by atoms with Crippen molar-refractivity contribution >= 4 is 33.4 Å². The van der Waals surface area contributed by atoms with Gasteiger partial charge in [-0.05, 0) is 29.8 Å². The van der Waals surface area contributed by atoms with Crippen LogP contribution in [0.5, 0.6) is 0 Å². The third-order valence-corrected chi connectivity index (χ3v) is 4.84. The van der Waals surface area contributed by atoms with Crippen molar-refractivity contribution < 1.29 is 4.79 Å². The van der Waals surface area contributed by atoms with E-state index in [2.05, 4.69) is 31.4 Å². The van der Waals surface area contributed by atoms with Crippen LogP contribution in [0.4, 0.5) is 0 Å². The molecule has 1 unspecified atom stereocenters. The van der Waals surface area contributed by atoms with Crippen molar-refractivity contribution in [2.24, 2.45) is 13.0 Å². The number of hydrogen-bond donors (Lipinski definition) is 1. The summed E-state index contributed by atoms with van der Waals surface area (Å²) in [5.74, 6) is -0.238. The van der Waals surface area contributed by atoms with E-state index in [1.165, 1.54) is 0 Å². The van der Waals surface area contributed by atoms with Crippen LogP contribution in [0, 0.1) is 19.8 Å². The topological polar surface area (TPSA) is 64.7 Å². The van der Waals surface area contributed by atoms with Crippen molar-refractivity contribution in [2.45, 2.75) is 33.9 Å². The third kappa shape index (κ3) is 3.52. The molecule has 120 valence electrons. The van der Waals surface area contributed by atoms with Gasteiger partial charge in [0.1, 0.15) is 0 Å². The van der Waals surface area contributed by atoms with Crippen LogP contribution in [0.25, 0.3) is 0 Å². The number of hydrogen-bond acceptors (Lipinski definition) is 3. The lowest BCUT2D eigenvalue weighted by Crippen LogP contribution is -2.32. The first-order chi connectivity index (χ1) is 10.3. The van der Waals surface area contributed by atoms with Gasteiger partial charge < -0.3 is 5.32 Å². The minimum absolute atomic E-state index is 0.0308. The summed E-state index contributed by atoms with van der Waals surface area (Å²) in [7, 11) is 1.84. The molecule has 1 amide bonds. The number of amides is 1. The van der Waals surface area contributed by atoms with Crippen LogP contribution in [-0.4, -0.2) is 25.5 Å². The van der Waals surface area contributed by atoms with Crippen LogP contribution in [0.15, 0.2) is 10.7 Å². The number of rotatable bonds is 5. The Kier molecular flexibility index (Phi) is 5.28. The van der Waals surface area contributed by atoms with E-state index in [9.17, 15) is 4.79 Å². The fraction of sp³-hybridized carbons (Fsp3) is 0.500. The van der Waals surface area contributed by atoms with Gasteiger partial charge in [-0.15, -0.1) is 0 Å². The minimum atomic E-state index is -0.207. The Morgan fingerprint density at radius 3 is 2.68 bits per heavy atom. The van der Waals surface area contributed by atoms with Gasteiger partial charge in [-0.2, -0.15) is 10.2 Å². The van der Waals surface area contributed by atoms with Crippen molar-refractivity contribution in [3.8, 4) is 0 Å². The molecule has 0 saturated heterocycles. The maximum absolute atomic E-state index is 12.2. The first-order valence-corrected chi connectivity index (χ1v) is 8.12. The standard InChI is InChI=1S/C14H19BrClN5O/c1-8(7-21-10(3)13(16)9(2)19-21)14(22)17-6-12-11(15)5-18-20(12)4/h5,8H,6-7H2,1-4H3,(H,17,22). The first-order valence-electron chi connectivity index (χ1n) is 6.94. The maximum atomic E-state index is 12.2. The highest BCUT2D eigenvalue weighted by atomic mass is 79.9. The Hall–Kier alpha value is -1.34. The highest BCUT2D eigenvalue weighted by Gasteiger charge is 2.18. The second-order valence-electron chi connectivity index (χ2n) is 5.35. The SMILES string of the molecule is Cc1nn(CC(C)C(=O)NCc2c(Br)cnn2C)c(C)c1Cl. The maximum Gasteiger partial charge on any atom is 0.225 e. The molecule has 6 nitrogen and oxygen atoms in total. The fourth-order valence-electron chi connectivity index (χ4n) is 2.18. The number of nitrogens with zero attached hydrogens (tertiary/aromatic N) is 4. The second kappa shape index (κ2) is 6.83. The van der Waals surface area contributed by atoms with Gasteiger partial charge >= 0.3 is 0 Å². The average Bonchev–Trinajstić information content (AvgIpc) is 2.91. The third-order valence-electron chi connectivity index (χ3n) is 3.63. The summed E-state index contributed by atoms with van der Waals surface area (Å²) in [4.78, 5) is 12.2. The fourth-order valence-corrected chi connectivity index (χ4v) is 2.80. The number of aryl methyl sites for hydroxylation is 2. The highest BCUT2D eigenvalue weighted by Crippen LogP contribution is 2.20. The van der Waals surface area contributed by atoms with Crippen molar-refractivity contribution in [3.05, 3.63) is 32.8 Å². The Morgan fingerprint density at radius 1 is 1.50 bits per heavy atom. The number of aromatic nitrogens is 4. The zero-order chi connectivity index (χ0) is 16.4. The molecule has 0 bridgehead atoms. The first kappa shape index (κ1) is 17.0. The summed E-state index contributed by atoms with van der Waals surface area (Å²) in [6.45, 7) is 6.56. The van der Waals surface area contributed by atoms with Gasteiger partial charge in [-0.1, -0.05) is 18.5 Å². The van der Waals surface area contributed by atoms with Crippen LogP contribution in [0.3, 0.4) is 0 Å². The molecule has 0 aromatic carbocycles. The average molecular weight is 389 g/mol. The largest absolute Gasteiger partial charge is 0.350 e. The Balaban J connectivity index is 1.96. The highest BCUT2D eigenvalue weighted by molar-refractivity contribution is 9.10. The molecule has 1 N–H and O–H groups in total. The number of halogens is 2. The van der Waals surface area contributed by atoms with Gasteiger partial charge in [0.15, 0.2) is 0 Å². The predicted molar refractivity (Wildman–Crippen MR) is 88.6 cm³/mol. The van der Waals surface area contributed by atoms with E-state index in [4.69, 9.17) is 11.6 Å². The van der Waals surface area contributed by atoms with Crippen molar-refractivity contribution in [1.82, 2.24) is 24.9 Å². The molecule has 8 heteroatoms. The van der Waals surface area contributed by atoms with Gasteiger partial charge in [-0.25, -0.2) is 0 Å². The molecule has 0 aliphatic rings. The second-order valence-corrected chi connectivity index (χ2v) is 6.58. The van der Waals surface area contributed by atoms with Crippen LogP contribution in [0.1, 0.15) is 24.0 Å². The summed E-state index contributed by atoms with van der Waals surface area (Å²) < 4.78 is 4.39. The van der Waals surface area contributed by atoms with Gasteiger partial charge in [0, 0.05) is 7.05 Å². The van der Waals surface area contributed by atoms with E-state index in [0.29, 0.717) is 18.1 Å². The molecule has 1 atom stereocenters. The quantitative estimate of drug-likeness (QED) is 0.856. The van der Waals surface area contributed by atoms with Crippen LogP contribution in [0.2, 0.25) is 5.02 Å². The van der Waals surface area contributed by atoms with Gasteiger partial charge in [0.05, 0.1) is 51.8 Å². The Morgan fingerprint density at radius 2 is 2.18 bits per heavy atom. The lowest BCUT2D eigenvalue weighted by molar-refractivity contribution is -0.125. The summed E-state index contributed by atoms with van der Waals surface area (Å²) in [6.07, 6.45) is 1.71. The molecular weight excluding hydrogens is 370 g/mol. The van der Waals surface area contributed by atoms with E-state index in [1.54, 1.807) is 15.6 Å². The molecule has 2 aromatic rings. The van der Waals surface area contributed by atoms with E-state index >= 15 is 0 Å². The minimum Gasteiger partial charge on any atom is -0.350 e. The van der Waals surface area contributed by atoms with Gasteiger partial charge in [-0.3, -0.25) is 14.2 Å². The summed E-state index contributed by atoms with van der Waals surface area (Å²) in [5.41, 5.74) is 2.59. The van der Waals surface area contributed by atoms with E-state index in [0.717, 1.165) is 21.6 Å². The lowest BCUT2D eigenvalue weighted by Gasteiger charge is -2.13. The molecule has 2 heterocycles. The van der Waals surface area contributed by atoms with Gasteiger partial charge in [0.2, 0.25) is 5.91 Å². The molecular formula is C14H19BrClN5O. The number of carbonyl (C=O) groups is 1. The van der Waals surface area contributed by atoms with E-state index < -0.39 is 0 Å². The molecule has 0 fully saturated rings. The Labute approximate surface area is 143 Å². The molecule has 0 saturated carbocycles. The summed E-state index contributed by atoms with van der Waals surface area (Å²) in [6, 6.07) is 0. The van der Waals surface area contributed by atoms with Crippen molar-refractivity contribution in [2.75, 3.05) is 0 Å². The molecule has 0 aliphatic heterocycles. The van der Waals surface area contributed by atoms with Gasteiger partial charge in [0.25, 0.3) is 0 Å². The zero-order valence-electron chi connectivity index (χ0n) is 13.0. The van der Waals surface area contributed by atoms with Crippen LogP contribution >= 0.6 is 27.5 Å². The predicted octanol–water partition coefficient (Wildman–Crippen LogP) is 2.60. The van der Waals surface area contributed by atoms with E-state index in [1.807, 2.05) is 27.8 Å². The molecule has 0 spiro atoms. The molecule has 2 rings (SSSR count). The van der Waals surface area contributed by atoms with Crippen molar-refractivity contribution in [1.29, 1.82) is 0 Å². The molecule has 0 radical (unpaired) electrons. The smallest absolute Gasteiger partial charge is 0.225 e. The van der Waals surface area contributed by atoms with Crippen molar-refractivity contribution in [3.63, 3.8) is 0 Å². The van der Waals surface area contributed by atoms with Crippen LogP contribution < -0.4 is 5.32 Å². The summed E-state index contributed by atoms with van der Waals surface area (Å²) in [5, 5.41) is 12.1. The van der Waals surface area contributed by atoms with E-state index in [-0.39, 0.29) is 11.8 Å². The summed E-state index contributed by atoms with van der Waals surface area (Å²) >= 11 is 9.54. The number of carbonyl (C=O) groups excluding carboxylic acids is 1. The normalized spacial score (nSPS) is 12.5. The molecule has 2 aromatic heterocycles. The monoisotopic (exact) mass is 387 g/mol. The molecule has 22 heavy (non-hydrogen) atoms. The number of nitrogens with one attached hydrogen (secondary N) is 1. The lowest BCUT2D eigenvalue weighted by atomic mass is 10.1. The zero-order valence-corrected chi connectivity index (χ0v) is 15.4. The molecule has 0 aliphatic carbocycles. The van der Waals surface area contributed by atoms with Crippen LogP contribution in [-0.2, 0) is 24.9 Å².